The first-order chi connectivity index (χ1) is 11.1. The molecule has 0 unspecified atom stereocenters. The Balaban J connectivity index is 1.75. The lowest BCUT2D eigenvalue weighted by Gasteiger charge is -2.54. The smallest absolute Gasteiger partial charge is 0.0131 e. The Morgan fingerprint density at radius 1 is 1.26 bits per heavy atom. The Labute approximate surface area is 146 Å². The number of hydrogen-bond acceptors (Lipinski definition) is 1. The maximum atomic E-state index is 4.45. The van der Waals surface area contributed by atoms with Crippen molar-refractivity contribution in [1.29, 1.82) is 0 Å². The fourth-order valence-corrected chi connectivity index (χ4v) is 7.01. The van der Waals surface area contributed by atoms with Crippen molar-refractivity contribution >= 4 is 11.8 Å². The first-order valence-corrected chi connectivity index (χ1v) is 11.1. The quantitative estimate of drug-likeness (QED) is 0.529. The second-order valence-electron chi connectivity index (χ2n) is 8.62. The molecule has 0 aromatic heterocycles. The highest BCUT2D eigenvalue weighted by Crippen LogP contribution is 2.65. The summed E-state index contributed by atoms with van der Waals surface area (Å²) < 4.78 is 0. The first-order valence-electron chi connectivity index (χ1n) is 9.69. The van der Waals surface area contributed by atoms with Gasteiger partial charge in [-0.05, 0) is 87.0 Å². The van der Waals surface area contributed by atoms with Gasteiger partial charge in [0, 0.05) is 5.41 Å². The zero-order chi connectivity index (χ0) is 16.1. The first kappa shape index (κ1) is 16.1. The average Bonchev–Trinajstić information content (AvgIpc) is 2.88. The van der Waals surface area contributed by atoms with Gasteiger partial charge in [-0.2, -0.15) is 11.8 Å². The molecule has 0 radical (unpaired) electrons. The van der Waals surface area contributed by atoms with Crippen molar-refractivity contribution in [2.75, 3.05) is 12.0 Å². The molecule has 0 aliphatic heterocycles. The van der Waals surface area contributed by atoms with Gasteiger partial charge in [0.2, 0.25) is 0 Å². The van der Waals surface area contributed by atoms with E-state index in [4.69, 9.17) is 0 Å². The zero-order valence-electron chi connectivity index (χ0n) is 15.0. The molecule has 4 atom stereocenters. The van der Waals surface area contributed by atoms with Crippen LogP contribution in [-0.2, 0) is 0 Å². The molecule has 2 fully saturated rings. The van der Waals surface area contributed by atoms with Gasteiger partial charge >= 0.3 is 0 Å². The summed E-state index contributed by atoms with van der Waals surface area (Å²) in [5, 5.41) is 0. The molecule has 0 nitrogen and oxygen atoms in total. The number of fused-ring (bicyclic) bond motifs is 5. The maximum absolute atomic E-state index is 4.45. The van der Waals surface area contributed by atoms with Crippen molar-refractivity contribution in [1.82, 2.24) is 0 Å². The summed E-state index contributed by atoms with van der Waals surface area (Å²) in [6, 6.07) is 0. The molecule has 1 heteroatoms. The highest BCUT2D eigenvalue weighted by atomic mass is 32.2. The van der Waals surface area contributed by atoms with Crippen molar-refractivity contribution in [3.63, 3.8) is 0 Å². The third-order valence-corrected chi connectivity index (χ3v) is 8.45. The standard InChI is InChI=1S/C22H32S/c1-16-7-10-19-18-9-8-17-6-4-5-12-22(17,14-15-23-3)20(18)11-13-21(16,19)2/h6,11,18-19H,1,4-5,7-10,12-15H2,2-3H3/t18-,19-,21+,22+/m0/s1. The molecule has 0 aromatic carbocycles. The van der Waals surface area contributed by atoms with Gasteiger partial charge in [0.25, 0.3) is 0 Å². The van der Waals surface area contributed by atoms with E-state index in [9.17, 15) is 0 Å². The van der Waals surface area contributed by atoms with Gasteiger partial charge in [0.15, 0.2) is 0 Å². The molecule has 0 N–H and O–H groups in total. The molecule has 2 saturated carbocycles. The maximum Gasteiger partial charge on any atom is 0.0131 e. The van der Waals surface area contributed by atoms with Crippen LogP contribution in [0.5, 0.6) is 0 Å². The highest BCUT2D eigenvalue weighted by Gasteiger charge is 2.54. The largest absolute Gasteiger partial charge is 0.165 e. The number of hydrogen-bond donors (Lipinski definition) is 0. The van der Waals surface area contributed by atoms with E-state index < -0.39 is 0 Å². The summed E-state index contributed by atoms with van der Waals surface area (Å²) in [6.07, 6.45) is 19.9. The van der Waals surface area contributed by atoms with Crippen LogP contribution in [0.3, 0.4) is 0 Å². The number of allylic oxidation sites excluding steroid dienone is 5. The van der Waals surface area contributed by atoms with Gasteiger partial charge in [-0.3, -0.25) is 0 Å². The van der Waals surface area contributed by atoms with Crippen LogP contribution in [0.15, 0.2) is 35.5 Å². The SMILES string of the molecule is C=C1CC[C@H]2[C@@H]3CCC4=CCCC[C@]4(CCSC)C3=CC[C@]12C. The predicted octanol–water partition coefficient (Wildman–Crippen LogP) is 6.55. The fraction of sp³-hybridized carbons (Fsp3) is 0.727. The van der Waals surface area contributed by atoms with Crippen molar-refractivity contribution in [2.45, 2.75) is 64.7 Å². The van der Waals surface area contributed by atoms with Crippen molar-refractivity contribution in [3.05, 3.63) is 35.5 Å². The molecule has 4 aliphatic carbocycles. The second-order valence-corrected chi connectivity index (χ2v) is 9.61. The molecule has 0 spiro atoms. The summed E-state index contributed by atoms with van der Waals surface area (Å²) in [5.41, 5.74) is 6.10. The third-order valence-electron chi connectivity index (χ3n) is 7.84. The van der Waals surface area contributed by atoms with Gasteiger partial charge in [0.1, 0.15) is 0 Å². The van der Waals surface area contributed by atoms with Crippen molar-refractivity contribution < 1.29 is 0 Å². The van der Waals surface area contributed by atoms with Crippen LogP contribution >= 0.6 is 11.8 Å². The second kappa shape index (κ2) is 5.83. The van der Waals surface area contributed by atoms with Gasteiger partial charge < -0.3 is 0 Å². The van der Waals surface area contributed by atoms with Crippen LogP contribution in [0.4, 0.5) is 0 Å². The van der Waals surface area contributed by atoms with Crippen LogP contribution in [0, 0.1) is 22.7 Å². The van der Waals surface area contributed by atoms with E-state index in [0.29, 0.717) is 10.8 Å². The third kappa shape index (κ3) is 2.25. The summed E-state index contributed by atoms with van der Waals surface area (Å²) in [6.45, 7) is 6.97. The van der Waals surface area contributed by atoms with E-state index in [1.54, 1.807) is 5.57 Å². The average molecular weight is 329 g/mol. The van der Waals surface area contributed by atoms with E-state index in [1.165, 1.54) is 63.5 Å². The molecular formula is C22H32S. The molecular weight excluding hydrogens is 296 g/mol. The summed E-state index contributed by atoms with van der Waals surface area (Å²) >= 11 is 2.04. The van der Waals surface area contributed by atoms with Crippen molar-refractivity contribution in [2.24, 2.45) is 22.7 Å². The minimum absolute atomic E-state index is 0.407. The molecule has 0 heterocycles. The molecule has 4 rings (SSSR count). The van der Waals surface area contributed by atoms with Gasteiger partial charge in [-0.1, -0.05) is 42.4 Å². The zero-order valence-corrected chi connectivity index (χ0v) is 15.8. The van der Waals surface area contributed by atoms with Gasteiger partial charge in [-0.15, -0.1) is 0 Å². The number of thioether (sulfide) groups is 1. The van der Waals surface area contributed by atoms with E-state index in [2.05, 4.69) is 31.9 Å². The minimum atomic E-state index is 0.407. The Hall–Kier alpha value is -0.430. The Kier molecular flexibility index (Phi) is 4.07. The van der Waals surface area contributed by atoms with Crippen LogP contribution in [0.1, 0.15) is 64.7 Å². The topological polar surface area (TPSA) is 0 Å². The summed E-state index contributed by atoms with van der Waals surface area (Å²) in [7, 11) is 0. The Morgan fingerprint density at radius 2 is 2.13 bits per heavy atom. The van der Waals surface area contributed by atoms with E-state index in [1.807, 2.05) is 22.9 Å². The lowest BCUT2D eigenvalue weighted by atomic mass is 9.50. The van der Waals surface area contributed by atoms with Crippen LogP contribution in [0.2, 0.25) is 0 Å². The Morgan fingerprint density at radius 3 is 2.96 bits per heavy atom. The lowest BCUT2D eigenvalue weighted by molar-refractivity contribution is 0.135. The van der Waals surface area contributed by atoms with Crippen LogP contribution in [0.25, 0.3) is 0 Å². The molecule has 0 aromatic rings. The van der Waals surface area contributed by atoms with Gasteiger partial charge in [-0.25, -0.2) is 0 Å². The lowest BCUT2D eigenvalue weighted by Crippen LogP contribution is -2.44. The summed E-state index contributed by atoms with van der Waals surface area (Å²) in [5.74, 6) is 3.05. The van der Waals surface area contributed by atoms with Gasteiger partial charge in [0.05, 0.1) is 0 Å². The predicted molar refractivity (Wildman–Crippen MR) is 103 cm³/mol. The Bertz CT molecular complexity index is 569. The normalized spacial score (nSPS) is 42.4. The van der Waals surface area contributed by atoms with Crippen LogP contribution in [-0.4, -0.2) is 12.0 Å². The van der Waals surface area contributed by atoms with Crippen LogP contribution < -0.4 is 0 Å². The molecule has 126 valence electrons. The molecule has 0 bridgehead atoms. The molecule has 23 heavy (non-hydrogen) atoms. The summed E-state index contributed by atoms with van der Waals surface area (Å²) in [4.78, 5) is 0. The fourth-order valence-electron chi connectivity index (χ4n) is 6.46. The number of rotatable bonds is 3. The molecule has 4 aliphatic rings. The highest BCUT2D eigenvalue weighted by molar-refractivity contribution is 7.98. The molecule has 0 amide bonds. The monoisotopic (exact) mass is 328 g/mol. The minimum Gasteiger partial charge on any atom is -0.165 e. The van der Waals surface area contributed by atoms with Crippen molar-refractivity contribution in [3.8, 4) is 0 Å². The van der Waals surface area contributed by atoms with E-state index in [0.717, 1.165) is 11.8 Å². The van der Waals surface area contributed by atoms with E-state index >= 15 is 0 Å². The van der Waals surface area contributed by atoms with E-state index in [-0.39, 0.29) is 0 Å². The molecule has 0 saturated heterocycles.